The van der Waals surface area contributed by atoms with Crippen molar-refractivity contribution in [2.24, 2.45) is 0 Å². The fourth-order valence-electron chi connectivity index (χ4n) is 3.50. The number of rotatable bonds is 5. The SMILES string of the molecule is Cc1ccc(C(=O)Nc2ccc(CN3CCN(c4ccccc4)CC3)cc2)s1. The first kappa shape index (κ1) is 18.7. The highest BCUT2D eigenvalue weighted by molar-refractivity contribution is 7.14. The summed E-state index contributed by atoms with van der Waals surface area (Å²) < 4.78 is 0. The molecule has 1 aliphatic heterocycles. The van der Waals surface area contributed by atoms with Crippen LogP contribution >= 0.6 is 11.3 Å². The third-order valence-corrected chi connectivity index (χ3v) is 6.08. The Morgan fingerprint density at radius 3 is 2.29 bits per heavy atom. The van der Waals surface area contributed by atoms with E-state index in [4.69, 9.17) is 0 Å². The second-order valence-electron chi connectivity index (χ2n) is 7.16. The summed E-state index contributed by atoms with van der Waals surface area (Å²) in [4.78, 5) is 19.1. The number of hydrogen-bond donors (Lipinski definition) is 1. The van der Waals surface area contributed by atoms with E-state index >= 15 is 0 Å². The molecule has 4 nitrogen and oxygen atoms in total. The van der Waals surface area contributed by atoms with Crippen molar-refractivity contribution in [1.82, 2.24) is 4.90 Å². The Bertz CT molecular complexity index is 913. The van der Waals surface area contributed by atoms with Crippen LogP contribution in [-0.4, -0.2) is 37.0 Å². The minimum Gasteiger partial charge on any atom is -0.369 e. The summed E-state index contributed by atoms with van der Waals surface area (Å²) in [5.74, 6) is -0.0390. The Balaban J connectivity index is 1.28. The van der Waals surface area contributed by atoms with Crippen LogP contribution in [0.1, 0.15) is 20.1 Å². The molecule has 0 radical (unpaired) electrons. The lowest BCUT2D eigenvalue weighted by Crippen LogP contribution is -2.45. The number of carbonyl (C=O) groups excluding carboxylic acids is 1. The van der Waals surface area contributed by atoms with Gasteiger partial charge in [0.25, 0.3) is 5.91 Å². The van der Waals surface area contributed by atoms with Gasteiger partial charge < -0.3 is 10.2 Å². The quantitative estimate of drug-likeness (QED) is 0.689. The normalized spacial score (nSPS) is 14.8. The summed E-state index contributed by atoms with van der Waals surface area (Å²) in [5, 5.41) is 2.98. The lowest BCUT2D eigenvalue weighted by Gasteiger charge is -2.36. The van der Waals surface area contributed by atoms with Crippen molar-refractivity contribution in [3.63, 3.8) is 0 Å². The molecule has 1 aliphatic rings. The van der Waals surface area contributed by atoms with Crippen molar-refractivity contribution in [2.45, 2.75) is 13.5 Å². The van der Waals surface area contributed by atoms with E-state index in [1.807, 2.05) is 31.2 Å². The Morgan fingerprint density at radius 1 is 0.929 bits per heavy atom. The number of benzene rings is 2. The van der Waals surface area contributed by atoms with Crippen molar-refractivity contribution < 1.29 is 4.79 Å². The summed E-state index contributed by atoms with van der Waals surface area (Å²) in [5.41, 5.74) is 3.43. The molecule has 0 spiro atoms. The average molecular weight is 392 g/mol. The summed E-state index contributed by atoms with van der Waals surface area (Å²) >= 11 is 1.52. The second-order valence-corrected chi connectivity index (χ2v) is 8.45. The Labute approximate surface area is 170 Å². The van der Waals surface area contributed by atoms with Gasteiger partial charge in [0.15, 0.2) is 0 Å². The summed E-state index contributed by atoms with van der Waals surface area (Å²) in [6.45, 7) is 7.18. The highest BCUT2D eigenvalue weighted by atomic mass is 32.1. The molecule has 2 heterocycles. The highest BCUT2D eigenvalue weighted by Gasteiger charge is 2.17. The standard InChI is InChI=1S/C23H25N3OS/c1-18-7-12-22(28-18)23(27)24-20-10-8-19(9-11-20)17-25-13-15-26(16-14-25)21-5-3-2-4-6-21/h2-12H,13-17H2,1H3,(H,24,27). The second kappa shape index (κ2) is 8.59. The van der Waals surface area contributed by atoms with Gasteiger partial charge in [-0.2, -0.15) is 0 Å². The fourth-order valence-corrected chi connectivity index (χ4v) is 4.27. The molecule has 1 N–H and O–H groups in total. The van der Waals surface area contributed by atoms with Crippen LogP contribution in [0.2, 0.25) is 0 Å². The topological polar surface area (TPSA) is 35.6 Å². The Kier molecular flexibility index (Phi) is 5.74. The minimum absolute atomic E-state index is 0.0390. The van der Waals surface area contributed by atoms with Crippen LogP contribution in [0.15, 0.2) is 66.7 Å². The Hall–Kier alpha value is -2.63. The van der Waals surface area contributed by atoms with Crippen LogP contribution in [0.25, 0.3) is 0 Å². The van der Waals surface area contributed by atoms with E-state index in [1.54, 1.807) is 0 Å². The number of para-hydroxylation sites is 1. The third kappa shape index (κ3) is 4.61. The van der Waals surface area contributed by atoms with Gasteiger partial charge in [0.1, 0.15) is 0 Å². The van der Waals surface area contributed by atoms with E-state index in [0.717, 1.165) is 48.2 Å². The van der Waals surface area contributed by atoms with Gasteiger partial charge in [-0.15, -0.1) is 11.3 Å². The van der Waals surface area contributed by atoms with Gasteiger partial charge in [-0.3, -0.25) is 9.69 Å². The molecule has 1 amide bonds. The van der Waals surface area contributed by atoms with Crippen molar-refractivity contribution in [1.29, 1.82) is 0 Å². The predicted molar refractivity (Wildman–Crippen MR) is 117 cm³/mol. The van der Waals surface area contributed by atoms with Gasteiger partial charge in [-0.1, -0.05) is 30.3 Å². The number of piperazine rings is 1. The van der Waals surface area contributed by atoms with Gasteiger partial charge in [0.05, 0.1) is 4.88 Å². The molecule has 144 valence electrons. The van der Waals surface area contributed by atoms with Gasteiger partial charge in [-0.05, 0) is 48.9 Å². The first-order valence-electron chi connectivity index (χ1n) is 9.66. The number of thiophene rings is 1. The number of amides is 1. The molecule has 0 bridgehead atoms. The number of anilines is 2. The zero-order valence-corrected chi connectivity index (χ0v) is 16.9. The molecule has 1 fully saturated rings. The molecule has 1 aromatic heterocycles. The third-order valence-electron chi connectivity index (χ3n) is 5.08. The van der Waals surface area contributed by atoms with Crippen LogP contribution in [0.4, 0.5) is 11.4 Å². The minimum atomic E-state index is -0.0390. The van der Waals surface area contributed by atoms with Crippen LogP contribution < -0.4 is 10.2 Å². The molecule has 0 atom stereocenters. The number of carbonyl (C=O) groups is 1. The molecule has 2 aromatic carbocycles. The van der Waals surface area contributed by atoms with Gasteiger partial charge >= 0.3 is 0 Å². The van der Waals surface area contributed by atoms with E-state index in [1.165, 1.54) is 22.6 Å². The number of nitrogens with one attached hydrogen (secondary N) is 1. The van der Waals surface area contributed by atoms with E-state index in [-0.39, 0.29) is 5.91 Å². The molecular weight excluding hydrogens is 366 g/mol. The number of hydrogen-bond acceptors (Lipinski definition) is 4. The van der Waals surface area contributed by atoms with Crippen molar-refractivity contribution in [3.05, 3.63) is 82.0 Å². The van der Waals surface area contributed by atoms with E-state index < -0.39 is 0 Å². The van der Waals surface area contributed by atoms with Crippen LogP contribution in [0, 0.1) is 6.92 Å². The van der Waals surface area contributed by atoms with Crippen LogP contribution in [-0.2, 0) is 6.54 Å². The smallest absolute Gasteiger partial charge is 0.265 e. The average Bonchev–Trinajstić information content (AvgIpc) is 3.17. The van der Waals surface area contributed by atoms with E-state index in [2.05, 4.69) is 57.6 Å². The molecule has 28 heavy (non-hydrogen) atoms. The van der Waals surface area contributed by atoms with Gasteiger partial charge in [-0.25, -0.2) is 0 Å². The molecule has 3 aromatic rings. The van der Waals surface area contributed by atoms with E-state index in [9.17, 15) is 4.79 Å². The van der Waals surface area contributed by atoms with Crippen LogP contribution in [0.3, 0.4) is 0 Å². The van der Waals surface area contributed by atoms with Gasteiger partial charge in [0, 0.05) is 49.0 Å². The molecule has 0 aliphatic carbocycles. The zero-order chi connectivity index (χ0) is 19.3. The molecule has 1 saturated heterocycles. The molecule has 0 unspecified atom stereocenters. The number of aryl methyl sites for hydroxylation is 1. The maximum Gasteiger partial charge on any atom is 0.265 e. The monoisotopic (exact) mass is 391 g/mol. The maximum atomic E-state index is 12.3. The molecular formula is C23H25N3OS. The van der Waals surface area contributed by atoms with Gasteiger partial charge in [0.2, 0.25) is 0 Å². The number of nitrogens with zero attached hydrogens (tertiary/aromatic N) is 2. The van der Waals surface area contributed by atoms with Crippen molar-refractivity contribution in [2.75, 3.05) is 36.4 Å². The van der Waals surface area contributed by atoms with Crippen molar-refractivity contribution in [3.8, 4) is 0 Å². The fraction of sp³-hybridized carbons (Fsp3) is 0.261. The molecule has 4 rings (SSSR count). The lowest BCUT2D eigenvalue weighted by atomic mass is 10.1. The summed E-state index contributed by atoms with van der Waals surface area (Å²) in [6, 6.07) is 22.7. The first-order chi connectivity index (χ1) is 13.7. The maximum absolute atomic E-state index is 12.3. The molecule has 0 saturated carbocycles. The predicted octanol–water partition coefficient (Wildman–Crippen LogP) is 4.63. The highest BCUT2D eigenvalue weighted by Crippen LogP contribution is 2.19. The van der Waals surface area contributed by atoms with Crippen LogP contribution in [0.5, 0.6) is 0 Å². The largest absolute Gasteiger partial charge is 0.369 e. The zero-order valence-electron chi connectivity index (χ0n) is 16.1. The molecule has 5 heteroatoms. The van der Waals surface area contributed by atoms with E-state index in [0.29, 0.717) is 0 Å². The summed E-state index contributed by atoms with van der Waals surface area (Å²) in [6.07, 6.45) is 0. The summed E-state index contributed by atoms with van der Waals surface area (Å²) in [7, 11) is 0. The van der Waals surface area contributed by atoms with Crippen molar-refractivity contribution >= 4 is 28.6 Å². The Morgan fingerprint density at radius 2 is 1.64 bits per heavy atom. The first-order valence-corrected chi connectivity index (χ1v) is 10.5. The lowest BCUT2D eigenvalue weighted by molar-refractivity contribution is 0.103.